The van der Waals surface area contributed by atoms with Gasteiger partial charge in [-0.2, -0.15) is 13.2 Å². The summed E-state index contributed by atoms with van der Waals surface area (Å²) < 4.78 is 44.0. The number of benzene rings is 2. The Hall–Kier alpha value is -3.39. The van der Waals surface area contributed by atoms with E-state index < -0.39 is 17.9 Å². The molecule has 0 aliphatic heterocycles. The number of alkyl halides is 3. The van der Waals surface area contributed by atoms with E-state index in [0.29, 0.717) is 18.4 Å². The molecule has 1 amide bonds. The molecule has 1 heterocycles. The van der Waals surface area contributed by atoms with E-state index in [2.05, 4.69) is 15.6 Å². The van der Waals surface area contributed by atoms with Crippen LogP contribution in [0.1, 0.15) is 46.5 Å². The number of hydrogen-bond acceptors (Lipinski definition) is 4. The highest BCUT2D eigenvalue weighted by Gasteiger charge is 2.32. The molecule has 2 N–H and O–H groups in total. The van der Waals surface area contributed by atoms with Gasteiger partial charge in [0.25, 0.3) is 0 Å². The standard InChI is InChI=1S/C26H28F3N3O2/c1-17-9-12-20(15-22(17)34-3)21(13-10-18-11-14-23(31-16-18)26(27,28)29)32-24(25(33)30-2)19-7-5-4-6-8-19/h4-9,11-12,14-16,21,24,32H,10,13H2,1-3H3,(H,30,33)/t21-,24?/m1/s1. The Labute approximate surface area is 197 Å². The summed E-state index contributed by atoms with van der Waals surface area (Å²) in [5.74, 6) is 0.531. The lowest BCUT2D eigenvalue weighted by Gasteiger charge is -2.26. The molecule has 0 aliphatic rings. The molecule has 2 atom stereocenters. The van der Waals surface area contributed by atoms with Crippen molar-refractivity contribution in [3.8, 4) is 5.75 Å². The molecule has 0 saturated heterocycles. The Morgan fingerprint density at radius 3 is 2.38 bits per heavy atom. The molecule has 0 radical (unpaired) electrons. The van der Waals surface area contributed by atoms with Crippen LogP contribution < -0.4 is 15.4 Å². The van der Waals surface area contributed by atoms with Gasteiger partial charge < -0.3 is 10.1 Å². The molecule has 1 unspecified atom stereocenters. The van der Waals surface area contributed by atoms with E-state index in [0.717, 1.165) is 28.5 Å². The first kappa shape index (κ1) is 25.2. The average molecular weight is 472 g/mol. The summed E-state index contributed by atoms with van der Waals surface area (Å²) in [7, 11) is 3.18. The van der Waals surface area contributed by atoms with Gasteiger partial charge in [-0.1, -0.05) is 48.5 Å². The van der Waals surface area contributed by atoms with Crippen molar-refractivity contribution in [3.05, 3.63) is 94.8 Å². The molecule has 8 heteroatoms. The lowest BCUT2D eigenvalue weighted by Crippen LogP contribution is -2.38. The van der Waals surface area contributed by atoms with Crippen LogP contribution in [0.4, 0.5) is 13.2 Å². The van der Waals surface area contributed by atoms with Crippen molar-refractivity contribution < 1.29 is 22.7 Å². The molecule has 180 valence electrons. The molecule has 0 fully saturated rings. The number of halogens is 3. The van der Waals surface area contributed by atoms with Gasteiger partial charge in [0.15, 0.2) is 0 Å². The van der Waals surface area contributed by atoms with E-state index in [-0.39, 0.29) is 11.9 Å². The van der Waals surface area contributed by atoms with Crippen LogP contribution in [0.5, 0.6) is 5.75 Å². The first-order chi connectivity index (χ1) is 16.2. The fraction of sp³-hybridized carbons (Fsp3) is 0.308. The highest BCUT2D eigenvalue weighted by molar-refractivity contribution is 5.83. The van der Waals surface area contributed by atoms with Crippen molar-refractivity contribution in [1.29, 1.82) is 0 Å². The first-order valence-electron chi connectivity index (χ1n) is 10.9. The van der Waals surface area contributed by atoms with Crippen LogP contribution in [-0.4, -0.2) is 25.0 Å². The fourth-order valence-electron chi connectivity index (χ4n) is 3.76. The maximum Gasteiger partial charge on any atom is 0.433 e. The monoisotopic (exact) mass is 471 g/mol. The van der Waals surface area contributed by atoms with Crippen molar-refractivity contribution in [2.75, 3.05) is 14.2 Å². The molecule has 1 aromatic heterocycles. The van der Waals surface area contributed by atoms with Crippen LogP contribution >= 0.6 is 0 Å². The molecular weight excluding hydrogens is 443 g/mol. The Morgan fingerprint density at radius 2 is 1.79 bits per heavy atom. The predicted octanol–water partition coefficient (Wildman–Crippen LogP) is 5.17. The SMILES string of the molecule is CNC(=O)C(N[C@H](CCc1ccc(C(F)(F)F)nc1)c1ccc(C)c(OC)c1)c1ccccc1. The second-order valence-electron chi connectivity index (χ2n) is 7.99. The van der Waals surface area contributed by atoms with Gasteiger partial charge >= 0.3 is 6.18 Å². The fourth-order valence-corrected chi connectivity index (χ4v) is 3.76. The van der Waals surface area contributed by atoms with E-state index in [1.165, 1.54) is 12.3 Å². The number of ether oxygens (including phenoxy) is 1. The summed E-state index contributed by atoms with van der Waals surface area (Å²) >= 11 is 0. The largest absolute Gasteiger partial charge is 0.496 e. The van der Waals surface area contributed by atoms with Gasteiger partial charge in [-0.25, -0.2) is 0 Å². The zero-order valence-corrected chi connectivity index (χ0v) is 19.3. The van der Waals surface area contributed by atoms with Crippen molar-refractivity contribution in [2.45, 2.75) is 38.0 Å². The second kappa shape index (κ2) is 11.2. The van der Waals surface area contributed by atoms with Gasteiger partial charge in [-0.05, 0) is 54.2 Å². The van der Waals surface area contributed by atoms with Gasteiger partial charge in [0, 0.05) is 19.3 Å². The number of aromatic nitrogens is 1. The van der Waals surface area contributed by atoms with Gasteiger partial charge in [-0.3, -0.25) is 15.1 Å². The number of hydrogen-bond donors (Lipinski definition) is 2. The van der Waals surface area contributed by atoms with E-state index in [1.54, 1.807) is 14.2 Å². The zero-order chi connectivity index (χ0) is 24.7. The van der Waals surface area contributed by atoms with Crippen molar-refractivity contribution in [2.24, 2.45) is 0 Å². The summed E-state index contributed by atoms with van der Waals surface area (Å²) in [5, 5.41) is 6.15. The Morgan fingerprint density at radius 1 is 1.06 bits per heavy atom. The predicted molar refractivity (Wildman–Crippen MR) is 124 cm³/mol. The third kappa shape index (κ3) is 6.35. The van der Waals surface area contributed by atoms with Crippen molar-refractivity contribution >= 4 is 5.91 Å². The highest BCUT2D eigenvalue weighted by Crippen LogP contribution is 2.30. The van der Waals surface area contributed by atoms with E-state index in [9.17, 15) is 18.0 Å². The molecule has 3 aromatic rings. The smallest absolute Gasteiger partial charge is 0.433 e. The van der Waals surface area contributed by atoms with Gasteiger partial charge in [0.2, 0.25) is 5.91 Å². The zero-order valence-electron chi connectivity index (χ0n) is 19.3. The number of nitrogens with zero attached hydrogens (tertiary/aromatic N) is 1. The number of amides is 1. The van der Waals surface area contributed by atoms with E-state index in [1.807, 2.05) is 55.5 Å². The lowest BCUT2D eigenvalue weighted by atomic mass is 9.95. The number of carbonyl (C=O) groups is 1. The van der Waals surface area contributed by atoms with Crippen LogP contribution in [0.15, 0.2) is 66.9 Å². The minimum absolute atomic E-state index is 0.188. The second-order valence-corrected chi connectivity index (χ2v) is 7.99. The summed E-state index contributed by atoms with van der Waals surface area (Å²) in [6, 6.07) is 16.7. The third-order valence-corrected chi connectivity index (χ3v) is 5.68. The van der Waals surface area contributed by atoms with Gasteiger partial charge in [-0.15, -0.1) is 0 Å². The summed E-state index contributed by atoms with van der Waals surface area (Å²) in [5.41, 5.74) is 2.45. The maximum absolute atomic E-state index is 12.9. The van der Waals surface area contributed by atoms with Crippen LogP contribution in [-0.2, 0) is 17.4 Å². The van der Waals surface area contributed by atoms with E-state index in [4.69, 9.17) is 4.74 Å². The van der Waals surface area contributed by atoms with Gasteiger partial charge in [0.1, 0.15) is 17.5 Å². The van der Waals surface area contributed by atoms with Crippen molar-refractivity contribution in [1.82, 2.24) is 15.6 Å². The van der Waals surface area contributed by atoms with E-state index >= 15 is 0 Å². The van der Waals surface area contributed by atoms with Crippen molar-refractivity contribution in [3.63, 3.8) is 0 Å². The number of carbonyl (C=O) groups excluding carboxylic acids is 1. The molecule has 0 aliphatic carbocycles. The van der Waals surface area contributed by atoms with Crippen LogP contribution in [0.2, 0.25) is 0 Å². The Kier molecular flexibility index (Phi) is 8.28. The number of rotatable bonds is 9. The first-order valence-corrected chi connectivity index (χ1v) is 10.9. The number of aryl methyl sites for hydroxylation is 2. The lowest BCUT2D eigenvalue weighted by molar-refractivity contribution is -0.141. The van der Waals surface area contributed by atoms with Gasteiger partial charge in [0.05, 0.1) is 7.11 Å². The number of pyridine rings is 1. The highest BCUT2D eigenvalue weighted by atomic mass is 19.4. The molecule has 0 bridgehead atoms. The molecule has 34 heavy (non-hydrogen) atoms. The number of methoxy groups -OCH3 is 1. The summed E-state index contributed by atoms with van der Waals surface area (Å²) in [4.78, 5) is 16.3. The topological polar surface area (TPSA) is 63.2 Å². The quantitative estimate of drug-likeness (QED) is 0.452. The molecule has 3 rings (SSSR count). The minimum atomic E-state index is -4.47. The average Bonchev–Trinajstić information content (AvgIpc) is 2.84. The molecule has 5 nitrogen and oxygen atoms in total. The number of nitrogens with one attached hydrogen (secondary N) is 2. The normalized spacial score (nSPS) is 13.2. The molecule has 0 saturated carbocycles. The summed E-state index contributed by atoms with van der Waals surface area (Å²) in [6.07, 6.45) is -2.23. The summed E-state index contributed by atoms with van der Waals surface area (Å²) in [6.45, 7) is 1.94. The van der Waals surface area contributed by atoms with Crippen LogP contribution in [0, 0.1) is 6.92 Å². The van der Waals surface area contributed by atoms with Crippen LogP contribution in [0.3, 0.4) is 0 Å². The Bertz CT molecular complexity index is 1090. The molecule has 2 aromatic carbocycles. The molecule has 0 spiro atoms. The minimum Gasteiger partial charge on any atom is -0.496 e. The maximum atomic E-state index is 12.9. The number of likely N-dealkylation sites (N-methyl/N-ethyl adjacent to an activating group) is 1. The Balaban J connectivity index is 1.89. The third-order valence-electron chi connectivity index (χ3n) is 5.68. The van der Waals surface area contributed by atoms with Crippen LogP contribution in [0.25, 0.3) is 0 Å². The molecular formula is C26H28F3N3O2.